The van der Waals surface area contributed by atoms with E-state index in [0.717, 1.165) is 12.0 Å². The van der Waals surface area contributed by atoms with Crippen molar-refractivity contribution in [1.29, 1.82) is 0 Å². The van der Waals surface area contributed by atoms with Gasteiger partial charge in [-0.1, -0.05) is 0 Å². The van der Waals surface area contributed by atoms with Gasteiger partial charge >= 0.3 is 0 Å². The first-order chi connectivity index (χ1) is 15.6. The fraction of sp³-hybridized carbons (Fsp3) is 0.261. The molecule has 1 aromatic heterocycles. The highest BCUT2D eigenvalue weighted by Crippen LogP contribution is 2.34. The van der Waals surface area contributed by atoms with E-state index in [4.69, 9.17) is 4.74 Å². The number of morpholine rings is 1. The molecule has 1 saturated heterocycles. The lowest BCUT2D eigenvalue weighted by molar-refractivity contribution is 0.0300. The van der Waals surface area contributed by atoms with Gasteiger partial charge in [0, 0.05) is 42.8 Å². The van der Waals surface area contributed by atoms with Gasteiger partial charge in [0.15, 0.2) is 0 Å². The number of benzene rings is 2. The number of fused-ring (bicyclic) bond motifs is 1. The van der Waals surface area contributed by atoms with Crippen molar-refractivity contribution in [3.05, 3.63) is 71.4 Å². The minimum Gasteiger partial charge on any atom is -0.378 e. The Kier molecular flexibility index (Phi) is 5.40. The van der Waals surface area contributed by atoms with E-state index in [1.165, 1.54) is 24.3 Å². The Morgan fingerprint density at radius 3 is 2.56 bits per heavy atom. The summed E-state index contributed by atoms with van der Waals surface area (Å²) in [7, 11) is 0. The molecule has 7 nitrogen and oxygen atoms in total. The number of ether oxygens (including phenoxy) is 1. The van der Waals surface area contributed by atoms with E-state index in [2.05, 4.69) is 15.3 Å². The molecule has 0 unspecified atom stereocenters. The lowest BCUT2D eigenvalue weighted by atomic mass is 10.1. The number of hydrogen-bond acceptors (Lipinski definition) is 6. The van der Waals surface area contributed by atoms with E-state index in [0.29, 0.717) is 56.0 Å². The van der Waals surface area contributed by atoms with Crippen LogP contribution < -0.4 is 10.2 Å². The van der Waals surface area contributed by atoms with Crippen molar-refractivity contribution in [2.75, 3.05) is 43.1 Å². The van der Waals surface area contributed by atoms with Crippen LogP contribution in [0.5, 0.6) is 0 Å². The van der Waals surface area contributed by atoms with Gasteiger partial charge in [0.25, 0.3) is 5.91 Å². The minimum absolute atomic E-state index is 0.0522. The lowest BCUT2D eigenvalue weighted by Gasteiger charge is -2.27. The molecule has 3 heterocycles. The maximum Gasteiger partial charge on any atom is 0.256 e. The van der Waals surface area contributed by atoms with Gasteiger partial charge in [-0.25, -0.2) is 13.8 Å². The summed E-state index contributed by atoms with van der Waals surface area (Å²) in [6.07, 6.45) is 2.46. The fourth-order valence-electron chi connectivity index (χ4n) is 3.90. The number of carbonyl (C=O) groups is 1. The molecular formula is C23H21F2N5O2. The number of nitrogens with zero attached hydrogens (tertiary/aromatic N) is 4. The van der Waals surface area contributed by atoms with Gasteiger partial charge in [-0.05, 0) is 48.9 Å². The van der Waals surface area contributed by atoms with Gasteiger partial charge in [0.1, 0.15) is 17.5 Å². The number of aromatic nitrogens is 2. The molecule has 2 aliphatic heterocycles. The highest BCUT2D eigenvalue weighted by atomic mass is 19.1. The Balaban J connectivity index is 1.38. The number of carbonyl (C=O) groups excluding carboxylic acids is 1. The number of rotatable bonds is 4. The summed E-state index contributed by atoms with van der Waals surface area (Å²) in [6.45, 7) is 2.47. The third-order valence-corrected chi connectivity index (χ3v) is 5.60. The molecule has 5 rings (SSSR count). The normalized spacial score (nSPS) is 15.6. The van der Waals surface area contributed by atoms with Crippen LogP contribution >= 0.6 is 0 Å². The van der Waals surface area contributed by atoms with E-state index in [-0.39, 0.29) is 17.3 Å². The van der Waals surface area contributed by atoms with Crippen LogP contribution in [0.3, 0.4) is 0 Å². The van der Waals surface area contributed by atoms with E-state index >= 15 is 0 Å². The van der Waals surface area contributed by atoms with Gasteiger partial charge in [0.05, 0.1) is 18.8 Å². The zero-order valence-corrected chi connectivity index (χ0v) is 17.2. The molecule has 2 aliphatic rings. The van der Waals surface area contributed by atoms with Crippen LogP contribution in [0.4, 0.5) is 31.9 Å². The maximum atomic E-state index is 14.9. The highest BCUT2D eigenvalue weighted by molar-refractivity contribution is 5.95. The van der Waals surface area contributed by atoms with Crippen molar-refractivity contribution in [3.8, 4) is 0 Å². The van der Waals surface area contributed by atoms with Crippen molar-refractivity contribution >= 4 is 29.0 Å². The quantitative estimate of drug-likeness (QED) is 0.672. The van der Waals surface area contributed by atoms with E-state index in [9.17, 15) is 13.6 Å². The van der Waals surface area contributed by atoms with Gasteiger partial charge in [-0.2, -0.15) is 4.98 Å². The monoisotopic (exact) mass is 437 g/mol. The Bertz CT molecular complexity index is 1150. The minimum atomic E-state index is -0.564. The summed E-state index contributed by atoms with van der Waals surface area (Å²) < 4.78 is 33.3. The fourth-order valence-corrected chi connectivity index (χ4v) is 3.90. The van der Waals surface area contributed by atoms with Crippen LogP contribution in [0.15, 0.2) is 48.7 Å². The molecule has 9 heteroatoms. The molecule has 3 aromatic rings. The van der Waals surface area contributed by atoms with Crippen LogP contribution in [0.2, 0.25) is 0 Å². The van der Waals surface area contributed by atoms with Crippen molar-refractivity contribution in [2.45, 2.75) is 6.42 Å². The molecule has 1 amide bonds. The van der Waals surface area contributed by atoms with Gasteiger partial charge in [-0.15, -0.1) is 0 Å². The molecule has 32 heavy (non-hydrogen) atoms. The van der Waals surface area contributed by atoms with E-state index < -0.39 is 5.82 Å². The zero-order valence-electron chi connectivity index (χ0n) is 17.2. The second kappa shape index (κ2) is 8.51. The standard InChI is InChI=1S/C23H21F2N5O2/c24-16-1-3-17(4-2-16)27-23-26-14-15-7-8-30(21(15)28-23)18-5-6-19(20(25)13-18)22(31)29-9-11-32-12-10-29/h1-6,13-14H,7-12H2,(H,26,27,28). The predicted octanol–water partition coefficient (Wildman–Crippen LogP) is 3.67. The molecule has 0 atom stereocenters. The number of hydrogen-bond donors (Lipinski definition) is 1. The van der Waals surface area contributed by atoms with E-state index in [1.807, 2.05) is 4.90 Å². The summed E-state index contributed by atoms with van der Waals surface area (Å²) >= 11 is 0. The van der Waals surface area contributed by atoms with Crippen LogP contribution in [-0.4, -0.2) is 53.6 Å². The molecular weight excluding hydrogens is 416 g/mol. The third-order valence-electron chi connectivity index (χ3n) is 5.60. The van der Waals surface area contributed by atoms with Crippen molar-refractivity contribution in [2.24, 2.45) is 0 Å². The summed E-state index contributed by atoms with van der Waals surface area (Å²) in [5.74, 6) is -0.175. The number of nitrogens with one attached hydrogen (secondary N) is 1. The SMILES string of the molecule is O=C(c1ccc(N2CCc3cnc(Nc4ccc(F)cc4)nc32)cc1F)N1CCOCC1. The molecule has 0 spiro atoms. The van der Waals surface area contributed by atoms with Crippen molar-refractivity contribution < 1.29 is 18.3 Å². The smallest absolute Gasteiger partial charge is 0.256 e. The number of halogens is 2. The van der Waals surface area contributed by atoms with E-state index in [1.54, 1.807) is 29.3 Å². The number of anilines is 4. The second-order valence-electron chi connectivity index (χ2n) is 7.64. The second-order valence-corrected chi connectivity index (χ2v) is 7.64. The zero-order chi connectivity index (χ0) is 22.1. The lowest BCUT2D eigenvalue weighted by Crippen LogP contribution is -2.41. The molecule has 0 bridgehead atoms. The summed E-state index contributed by atoms with van der Waals surface area (Å²) in [5.41, 5.74) is 2.28. The first kappa shape index (κ1) is 20.3. The molecule has 2 aromatic carbocycles. The summed E-state index contributed by atoms with van der Waals surface area (Å²) in [4.78, 5) is 25.1. The van der Waals surface area contributed by atoms with Crippen LogP contribution in [0.25, 0.3) is 0 Å². The maximum absolute atomic E-state index is 14.9. The van der Waals surface area contributed by atoms with Gasteiger partial charge < -0.3 is 19.9 Å². The molecule has 1 fully saturated rings. The Morgan fingerprint density at radius 1 is 1.03 bits per heavy atom. The van der Waals surface area contributed by atoms with Crippen LogP contribution in [0, 0.1) is 11.6 Å². The highest BCUT2D eigenvalue weighted by Gasteiger charge is 2.26. The Hall–Kier alpha value is -3.59. The first-order valence-electron chi connectivity index (χ1n) is 10.4. The Morgan fingerprint density at radius 2 is 1.81 bits per heavy atom. The van der Waals surface area contributed by atoms with Crippen LogP contribution in [0.1, 0.15) is 15.9 Å². The average molecular weight is 437 g/mol. The molecule has 0 aliphatic carbocycles. The predicted molar refractivity (Wildman–Crippen MR) is 116 cm³/mol. The topological polar surface area (TPSA) is 70.6 Å². The van der Waals surface area contributed by atoms with Gasteiger partial charge in [0.2, 0.25) is 5.95 Å². The molecule has 0 radical (unpaired) electrons. The summed E-state index contributed by atoms with van der Waals surface area (Å²) in [6, 6.07) is 10.5. The Labute approximate surface area is 183 Å². The molecule has 1 N–H and O–H groups in total. The molecule has 0 saturated carbocycles. The van der Waals surface area contributed by atoms with Crippen LogP contribution in [-0.2, 0) is 11.2 Å². The number of amides is 1. The third kappa shape index (κ3) is 3.99. The average Bonchev–Trinajstić information content (AvgIpc) is 3.24. The summed E-state index contributed by atoms with van der Waals surface area (Å²) in [5, 5.41) is 3.05. The van der Waals surface area contributed by atoms with Crippen molar-refractivity contribution in [1.82, 2.24) is 14.9 Å². The van der Waals surface area contributed by atoms with Crippen molar-refractivity contribution in [3.63, 3.8) is 0 Å². The molecule has 164 valence electrons. The van der Waals surface area contributed by atoms with Gasteiger partial charge in [-0.3, -0.25) is 4.79 Å². The first-order valence-corrected chi connectivity index (χ1v) is 10.4. The largest absolute Gasteiger partial charge is 0.378 e.